The van der Waals surface area contributed by atoms with E-state index in [0.717, 1.165) is 0 Å². The number of sulfonamides is 1. The normalized spacial score (nSPS) is 26.1. The van der Waals surface area contributed by atoms with E-state index in [1.807, 2.05) is 0 Å². The van der Waals surface area contributed by atoms with Crippen LogP contribution < -0.4 is 10.0 Å². The molecule has 1 fully saturated rings. The summed E-state index contributed by atoms with van der Waals surface area (Å²) in [5.74, 6) is 0. The lowest BCUT2D eigenvalue weighted by Gasteiger charge is -2.17. The lowest BCUT2D eigenvalue weighted by atomic mass is 10.2. The summed E-state index contributed by atoms with van der Waals surface area (Å²) < 4.78 is 31.4. The molecule has 90 valence electrons. The highest BCUT2D eigenvalue weighted by molar-refractivity contribution is 7.89. The summed E-state index contributed by atoms with van der Waals surface area (Å²) in [6.07, 6.45) is 2.46. The van der Waals surface area contributed by atoms with Crippen LogP contribution in [0.4, 0.5) is 0 Å². The number of ether oxygens (including phenoxy) is 1. The molecule has 7 nitrogen and oxygen atoms in total. The number of aromatic nitrogens is 2. The van der Waals surface area contributed by atoms with Crippen molar-refractivity contribution < 1.29 is 13.2 Å². The van der Waals surface area contributed by atoms with E-state index < -0.39 is 10.0 Å². The number of aromatic amines is 1. The van der Waals surface area contributed by atoms with Gasteiger partial charge in [-0.25, -0.2) is 18.1 Å². The van der Waals surface area contributed by atoms with Crippen LogP contribution in [-0.2, 0) is 14.8 Å². The van der Waals surface area contributed by atoms with Crippen molar-refractivity contribution in [2.45, 2.75) is 17.2 Å². The third kappa shape index (κ3) is 2.24. The first-order valence-electron chi connectivity index (χ1n) is 4.87. The van der Waals surface area contributed by atoms with E-state index in [1.54, 1.807) is 7.11 Å². The molecule has 3 N–H and O–H groups in total. The highest BCUT2D eigenvalue weighted by Gasteiger charge is 2.31. The molecule has 2 atom stereocenters. The summed E-state index contributed by atoms with van der Waals surface area (Å²) in [4.78, 5) is 6.24. The van der Waals surface area contributed by atoms with Crippen LogP contribution in [-0.4, -0.2) is 50.7 Å². The first-order chi connectivity index (χ1) is 7.63. The molecule has 0 aromatic carbocycles. The average Bonchev–Trinajstić information content (AvgIpc) is 2.86. The van der Waals surface area contributed by atoms with Gasteiger partial charge in [-0.15, -0.1) is 0 Å². The van der Waals surface area contributed by atoms with Crippen LogP contribution in [0.5, 0.6) is 0 Å². The molecule has 2 heterocycles. The molecule has 1 aromatic heterocycles. The minimum absolute atomic E-state index is 0.0641. The Hall–Kier alpha value is -0.960. The third-order valence-corrected chi connectivity index (χ3v) is 3.95. The van der Waals surface area contributed by atoms with Crippen molar-refractivity contribution in [3.63, 3.8) is 0 Å². The predicted octanol–water partition coefficient (Wildman–Crippen LogP) is -1.33. The third-order valence-electron chi connectivity index (χ3n) is 2.53. The molecule has 0 spiro atoms. The Morgan fingerprint density at radius 2 is 2.38 bits per heavy atom. The molecule has 0 saturated carbocycles. The van der Waals surface area contributed by atoms with Crippen molar-refractivity contribution in [3.8, 4) is 0 Å². The van der Waals surface area contributed by atoms with Crippen molar-refractivity contribution in [2.24, 2.45) is 0 Å². The molecule has 1 unspecified atom stereocenters. The van der Waals surface area contributed by atoms with Crippen LogP contribution in [0.3, 0.4) is 0 Å². The Kier molecular flexibility index (Phi) is 3.24. The minimum atomic E-state index is -3.53. The maximum atomic E-state index is 11.8. The second-order valence-electron chi connectivity index (χ2n) is 3.58. The van der Waals surface area contributed by atoms with Crippen LogP contribution in [0.1, 0.15) is 0 Å². The lowest BCUT2D eigenvalue weighted by molar-refractivity contribution is 0.103. The maximum absolute atomic E-state index is 11.8. The van der Waals surface area contributed by atoms with Gasteiger partial charge >= 0.3 is 0 Å². The van der Waals surface area contributed by atoms with E-state index in [4.69, 9.17) is 4.74 Å². The van der Waals surface area contributed by atoms with Crippen molar-refractivity contribution in [3.05, 3.63) is 12.5 Å². The smallest absolute Gasteiger partial charge is 0.257 e. The number of H-pyrrole nitrogens is 1. The quantitative estimate of drug-likeness (QED) is 0.612. The first kappa shape index (κ1) is 11.5. The second-order valence-corrected chi connectivity index (χ2v) is 5.26. The van der Waals surface area contributed by atoms with Gasteiger partial charge < -0.3 is 15.0 Å². The fourth-order valence-corrected chi connectivity index (χ4v) is 2.84. The number of nitrogens with one attached hydrogen (secondary N) is 3. The minimum Gasteiger partial charge on any atom is -0.378 e. The van der Waals surface area contributed by atoms with Gasteiger partial charge in [-0.05, 0) is 0 Å². The first-order valence-corrected chi connectivity index (χ1v) is 6.36. The highest BCUT2D eigenvalue weighted by Crippen LogP contribution is 2.09. The largest absolute Gasteiger partial charge is 0.378 e. The molecule has 0 amide bonds. The van der Waals surface area contributed by atoms with E-state index in [0.29, 0.717) is 13.1 Å². The molecule has 8 heteroatoms. The molecule has 1 aromatic rings. The molecular weight excluding hydrogens is 232 g/mol. The predicted molar refractivity (Wildman–Crippen MR) is 56.4 cm³/mol. The summed E-state index contributed by atoms with van der Waals surface area (Å²) in [5.41, 5.74) is 0. The standard InChI is InChI=1S/C8H14N4O3S/c1-15-7-3-9-2-6(7)12-16(13,14)8-4-10-5-11-8/h4-7,9,12H,2-3H2,1H3,(H,10,11)/t6?,7-/m0/s1. The van der Waals surface area contributed by atoms with Crippen LogP contribution in [0, 0.1) is 0 Å². The summed E-state index contributed by atoms with van der Waals surface area (Å²) in [7, 11) is -1.97. The van der Waals surface area contributed by atoms with E-state index in [9.17, 15) is 8.42 Å². The SMILES string of the molecule is CO[C@H]1CNCC1NS(=O)(=O)c1cnc[nH]1. The number of imidazole rings is 1. The van der Waals surface area contributed by atoms with Crippen molar-refractivity contribution >= 4 is 10.0 Å². The van der Waals surface area contributed by atoms with Gasteiger partial charge in [-0.1, -0.05) is 0 Å². The number of rotatable bonds is 4. The Morgan fingerprint density at radius 3 is 3.00 bits per heavy atom. The van der Waals surface area contributed by atoms with Gasteiger partial charge in [-0.2, -0.15) is 0 Å². The van der Waals surface area contributed by atoms with Crippen molar-refractivity contribution in [1.29, 1.82) is 0 Å². The molecule has 1 aliphatic rings. The zero-order chi connectivity index (χ0) is 11.6. The lowest BCUT2D eigenvalue weighted by Crippen LogP contribution is -2.43. The molecule has 0 radical (unpaired) electrons. The Morgan fingerprint density at radius 1 is 1.56 bits per heavy atom. The Labute approximate surface area is 93.7 Å². The van der Waals surface area contributed by atoms with E-state index in [1.165, 1.54) is 12.5 Å². The van der Waals surface area contributed by atoms with Gasteiger partial charge in [0.15, 0.2) is 5.03 Å². The van der Waals surface area contributed by atoms with Crippen molar-refractivity contribution in [1.82, 2.24) is 20.0 Å². The molecule has 2 rings (SSSR count). The second kappa shape index (κ2) is 4.50. The average molecular weight is 246 g/mol. The molecule has 0 bridgehead atoms. The zero-order valence-corrected chi connectivity index (χ0v) is 9.62. The maximum Gasteiger partial charge on any atom is 0.257 e. The highest BCUT2D eigenvalue weighted by atomic mass is 32.2. The topological polar surface area (TPSA) is 96.1 Å². The Balaban J connectivity index is 2.10. The molecule has 1 saturated heterocycles. The van der Waals surface area contributed by atoms with Gasteiger partial charge in [0.2, 0.25) is 0 Å². The van der Waals surface area contributed by atoms with Gasteiger partial charge in [0, 0.05) is 20.2 Å². The fraction of sp³-hybridized carbons (Fsp3) is 0.625. The van der Waals surface area contributed by atoms with Crippen LogP contribution in [0.15, 0.2) is 17.6 Å². The number of hydrogen-bond donors (Lipinski definition) is 3. The van der Waals surface area contributed by atoms with Gasteiger partial charge in [0.25, 0.3) is 10.0 Å². The molecular formula is C8H14N4O3S. The molecule has 0 aliphatic carbocycles. The molecule has 1 aliphatic heterocycles. The monoisotopic (exact) mass is 246 g/mol. The summed E-state index contributed by atoms with van der Waals surface area (Å²) in [6.45, 7) is 1.21. The number of methoxy groups -OCH3 is 1. The zero-order valence-electron chi connectivity index (χ0n) is 8.80. The fourth-order valence-electron chi connectivity index (χ4n) is 1.67. The van der Waals surface area contributed by atoms with Crippen LogP contribution in [0.25, 0.3) is 0 Å². The van der Waals surface area contributed by atoms with E-state index >= 15 is 0 Å². The van der Waals surface area contributed by atoms with Crippen LogP contribution >= 0.6 is 0 Å². The summed E-state index contributed by atoms with van der Waals surface area (Å²) in [6, 6.07) is -0.252. The molecule has 16 heavy (non-hydrogen) atoms. The van der Waals surface area contributed by atoms with Crippen molar-refractivity contribution in [2.75, 3.05) is 20.2 Å². The van der Waals surface area contributed by atoms with E-state index in [2.05, 4.69) is 20.0 Å². The van der Waals surface area contributed by atoms with Gasteiger partial charge in [-0.3, -0.25) is 0 Å². The van der Waals surface area contributed by atoms with Gasteiger partial charge in [0.05, 0.1) is 24.7 Å². The van der Waals surface area contributed by atoms with E-state index in [-0.39, 0.29) is 17.2 Å². The summed E-state index contributed by atoms with van der Waals surface area (Å²) in [5, 5.41) is 3.13. The number of nitrogens with zero attached hydrogens (tertiary/aromatic N) is 1. The Bertz CT molecular complexity index is 430. The van der Waals surface area contributed by atoms with Crippen LogP contribution in [0.2, 0.25) is 0 Å². The summed E-state index contributed by atoms with van der Waals surface area (Å²) >= 11 is 0. The van der Waals surface area contributed by atoms with Gasteiger partial charge in [0.1, 0.15) is 0 Å². The number of hydrogen-bond acceptors (Lipinski definition) is 5.